The van der Waals surface area contributed by atoms with Crippen molar-refractivity contribution in [1.29, 1.82) is 5.26 Å². The van der Waals surface area contributed by atoms with E-state index in [1.165, 1.54) is 13.8 Å². The molecule has 25 heavy (non-hydrogen) atoms. The van der Waals surface area contributed by atoms with Crippen LogP contribution in [0.1, 0.15) is 19.4 Å². The first-order valence-corrected chi connectivity index (χ1v) is 9.02. The number of hydrogen-bond acceptors (Lipinski definition) is 7. The Bertz CT molecular complexity index is 908. The molecule has 3 rings (SSSR count). The zero-order chi connectivity index (χ0) is 18.2. The van der Waals surface area contributed by atoms with Crippen molar-refractivity contribution in [3.63, 3.8) is 0 Å². The van der Waals surface area contributed by atoms with Gasteiger partial charge in [0.25, 0.3) is 0 Å². The monoisotopic (exact) mass is 370 g/mol. The van der Waals surface area contributed by atoms with Gasteiger partial charge in [-0.2, -0.15) is 5.26 Å². The Hall–Kier alpha value is -2.43. The molecule has 0 amide bonds. The zero-order valence-electron chi connectivity index (χ0n) is 13.5. The second kappa shape index (κ2) is 6.47. The predicted octanol–water partition coefficient (Wildman–Crippen LogP) is 3.35. The number of allylic oxidation sites excluding steroid dienone is 1. The van der Waals surface area contributed by atoms with E-state index < -0.39 is 4.93 Å². The second-order valence-electron chi connectivity index (χ2n) is 5.47. The molecular weight excluding hydrogens is 356 g/mol. The Balaban J connectivity index is 2.18. The number of nitrogens with zero attached hydrogens (tertiary/aromatic N) is 1. The third-order valence-corrected chi connectivity index (χ3v) is 6.15. The van der Waals surface area contributed by atoms with Gasteiger partial charge >= 0.3 is 0 Å². The van der Waals surface area contributed by atoms with Gasteiger partial charge in [0.15, 0.2) is 11.6 Å². The Labute approximate surface area is 153 Å². The summed E-state index contributed by atoms with van der Waals surface area (Å²) in [6, 6.07) is 9.52. The van der Waals surface area contributed by atoms with Crippen LogP contribution in [0.15, 0.2) is 50.8 Å². The molecule has 0 aromatic heterocycles. The molecule has 0 saturated carbocycles. The average molecular weight is 370 g/mol. The first kappa shape index (κ1) is 17.4. The SMILES string of the molecule is CC(=O)C(C(C)=O)=C1SC(N)=C(C#N)C2(C=Cc3ccccc3O2)S1. The molecule has 0 fully saturated rings. The molecule has 2 N–H and O–H groups in total. The number of rotatable bonds is 2. The van der Waals surface area contributed by atoms with E-state index in [9.17, 15) is 14.9 Å². The lowest BCUT2D eigenvalue weighted by Crippen LogP contribution is -2.37. The first-order chi connectivity index (χ1) is 11.9. The number of ether oxygens (including phenoxy) is 1. The molecule has 1 unspecified atom stereocenters. The van der Waals surface area contributed by atoms with Gasteiger partial charge in [-0.25, -0.2) is 0 Å². The van der Waals surface area contributed by atoms with Crippen molar-refractivity contribution in [3.05, 3.63) is 56.3 Å². The Morgan fingerprint density at radius 3 is 2.56 bits per heavy atom. The van der Waals surface area contributed by atoms with Gasteiger partial charge in [-0.05, 0) is 26.0 Å². The highest BCUT2D eigenvalue weighted by Crippen LogP contribution is 2.55. The maximum Gasteiger partial charge on any atom is 0.216 e. The van der Waals surface area contributed by atoms with Crippen molar-refractivity contribution in [2.45, 2.75) is 18.8 Å². The first-order valence-electron chi connectivity index (χ1n) is 7.38. The summed E-state index contributed by atoms with van der Waals surface area (Å²) in [6.07, 6.45) is 3.59. The summed E-state index contributed by atoms with van der Waals surface area (Å²) in [6.45, 7) is 2.67. The van der Waals surface area contributed by atoms with Crippen molar-refractivity contribution in [3.8, 4) is 11.8 Å². The van der Waals surface area contributed by atoms with Crippen LogP contribution >= 0.6 is 23.5 Å². The number of thioether (sulfide) groups is 2. The van der Waals surface area contributed by atoms with Gasteiger partial charge in [-0.3, -0.25) is 9.59 Å². The van der Waals surface area contributed by atoms with Crippen LogP contribution in [0.3, 0.4) is 0 Å². The number of benzene rings is 1. The third kappa shape index (κ3) is 2.99. The van der Waals surface area contributed by atoms with E-state index in [1.54, 1.807) is 12.1 Å². The highest BCUT2D eigenvalue weighted by atomic mass is 32.2. The molecular formula is C18H14N2O3S2. The van der Waals surface area contributed by atoms with Crippen molar-refractivity contribution >= 4 is 41.2 Å². The Morgan fingerprint density at radius 1 is 1.24 bits per heavy atom. The number of nitrogens with two attached hydrogens (primary N) is 1. The van der Waals surface area contributed by atoms with Gasteiger partial charge < -0.3 is 10.5 Å². The maximum atomic E-state index is 11.9. The van der Waals surface area contributed by atoms with E-state index in [-0.39, 0.29) is 27.7 Å². The highest BCUT2D eigenvalue weighted by molar-refractivity contribution is 8.25. The van der Waals surface area contributed by atoms with E-state index in [0.29, 0.717) is 9.99 Å². The fourth-order valence-corrected chi connectivity index (χ4v) is 5.55. The van der Waals surface area contributed by atoms with E-state index >= 15 is 0 Å². The van der Waals surface area contributed by atoms with Crippen LogP contribution < -0.4 is 10.5 Å². The zero-order valence-corrected chi connectivity index (χ0v) is 15.2. The third-order valence-electron chi connectivity index (χ3n) is 3.72. The molecule has 0 bridgehead atoms. The van der Waals surface area contributed by atoms with E-state index in [1.807, 2.05) is 24.3 Å². The molecule has 2 aliphatic heterocycles. The van der Waals surface area contributed by atoms with E-state index in [0.717, 1.165) is 29.1 Å². The molecule has 1 aromatic carbocycles. The van der Waals surface area contributed by atoms with Crippen LogP contribution in [0.25, 0.3) is 6.08 Å². The van der Waals surface area contributed by atoms with E-state index in [4.69, 9.17) is 10.5 Å². The number of fused-ring (bicyclic) bond motifs is 1. The summed E-state index contributed by atoms with van der Waals surface area (Å²) in [7, 11) is 0. The minimum absolute atomic E-state index is 0.0742. The quantitative estimate of drug-likeness (QED) is 0.485. The standard InChI is InChI=1S/C18H14N2O3S2/c1-10(21)15(11(2)22)17-24-16(20)13(9-19)18(25-17)8-7-12-5-3-4-6-14(12)23-18/h3-8H,20H2,1-2H3. The molecule has 1 aromatic rings. The Morgan fingerprint density at radius 2 is 1.92 bits per heavy atom. The average Bonchev–Trinajstić information content (AvgIpc) is 2.54. The van der Waals surface area contributed by atoms with E-state index in [2.05, 4.69) is 6.07 Å². The highest BCUT2D eigenvalue weighted by Gasteiger charge is 2.45. The van der Waals surface area contributed by atoms with Gasteiger partial charge in [0.05, 0.1) is 14.8 Å². The van der Waals surface area contributed by atoms with Crippen LogP contribution in [0.4, 0.5) is 0 Å². The smallest absolute Gasteiger partial charge is 0.216 e. The number of hydrogen-bond donors (Lipinski definition) is 1. The molecule has 2 aliphatic rings. The lowest BCUT2D eigenvalue weighted by molar-refractivity contribution is -0.119. The number of carbonyl (C=O) groups is 2. The summed E-state index contributed by atoms with van der Waals surface area (Å²) in [5.41, 5.74) is 7.29. The van der Waals surface area contributed by atoms with Crippen molar-refractivity contribution in [2.24, 2.45) is 5.73 Å². The molecule has 5 nitrogen and oxygen atoms in total. The molecule has 2 heterocycles. The summed E-state index contributed by atoms with van der Waals surface area (Å²) in [5, 5.41) is 9.81. The van der Waals surface area contributed by atoms with Gasteiger partial charge in [0.1, 0.15) is 17.4 Å². The number of para-hydroxylation sites is 1. The summed E-state index contributed by atoms with van der Waals surface area (Å²) in [5.74, 6) is -0.0754. The second-order valence-corrected chi connectivity index (χ2v) is 8.00. The number of nitriles is 1. The topological polar surface area (TPSA) is 93.2 Å². The largest absolute Gasteiger partial charge is 0.467 e. The lowest BCUT2D eigenvalue weighted by atomic mass is 10.0. The number of Topliss-reactive ketones (excluding diaryl/α,β-unsaturated/α-hetero) is 2. The fraction of sp³-hybridized carbons (Fsp3) is 0.167. The molecule has 0 radical (unpaired) electrons. The van der Waals surface area contributed by atoms with Crippen LogP contribution in [0.5, 0.6) is 5.75 Å². The van der Waals surface area contributed by atoms with Crippen molar-refractivity contribution < 1.29 is 14.3 Å². The molecule has 1 atom stereocenters. The molecule has 1 spiro atoms. The van der Waals surface area contributed by atoms with Crippen LogP contribution in [-0.4, -0.2) is 16.5 Å². The van der Waals surface area contributed by atoms with Crippen LogP contribution in [0, 0.1) is 11.3 Å². The van der Waals surface area contributed by atoms with Crippen molar-refractivity contribution in [1.82, 2.24) is 0 Å². The fourth-order valence-electron chi connectivity index (χ4n) is 2.60. The maximum absolute atomic E-state index is 11.9. The summed E-state index contributed by atoms with van der Waals surface area (Å²) < 4.78 is 6.56. The molecule has 0 aliphatic carbocycles. The van der Waals surface area contributed by atoms with Crippen LogP contribution in [-0.2, 0) is 9.59 Å². The minimum atomic E-state index is -1.19. The molecule has 0 saturated heterocycles. The normalized spacial score (nSPS) is 21.4. The predicted molar refractivity (Wildman–Crippen MR) is 99.2 cm³/mol. The summed E-state index contributed by atoms with van der Waals surface area (Å²) >= 11 is 2.21. The number of carbonyl (C=O) groups excluding carboxylic acids is 2. The minimum Gasteiger partial charge on any atom is -0.467 e. The molecule has 126 valence electrons. The molecule has 7 heteroatoms. The van der Waals surface area contributed by atoms with Crippen molar-refractivity contribution in [2.75, 3.05) is 0 Å². The lowest BCUT2D eigenvalue weighted by Gasteiger charge is -2.37. The van der Waals surface area contributed by atoms with Gasteiger partial charge in [0, 0.05) is 5.56 Å². The summed E-state index contributed by atoms with van der Waals surface area (Å²) in [4.78, 5) is 22.7. The van der Waals surface area contributed by atoms with Crippen LogP contribution in [0.2, 0.25) is 0 Å². The Kier molecular flexibility index (Phi) is 4.50. The van der Waals surface area contributed by atoms with Gasteiger partial charge in [0.2, 0.25) is 4.93 Å². The number of ketones is 2. The van der Waals surface area contributed by atoms with Gasteiger partial charge in [-0.1, -0.05) is 47.8 Å². The van der Waals surface area contributed by atoms with Gasteiger partial charge in [-0.15, -0.1) is 0 Å².